The number of benzene rings is 2. The van der Waals surface area contributed by atoms with Gasteiger partial charge in [-0.3, -0.25) is 28.0 Å². The molecule has 3 heterocycles. The first-order chi connectivity index (χ1) is 20.5. The molecular formula is C28H28FIN6O6S. The van der Waals surface area contributed by atoms with Crippen LogP contribution in [0.2, 0.25) is 0 Å². The minimum atomic E-state index is -3.91. The molecule has 4 aromatic rings. The van der Waals surface area contributed by atoms with Crippen LogP contribution in [0, 0.1) is 16.3 Å². The molecule has 226 valence electrons. The number of hydrogen-bond acceptors (Lipinski definition) is 7. The van der Waals surface area contributed by atoms with Gasteiger partial charge in [-0.05, 0) is 78.8 Å². The summed E-state index contributed by atoms with van der Waals surface area (Å²) in [4.78, 5) is 41.5. The lowest BCUT2D eigenvalue weighted by atomic mass is 10.1. The van der Waals surface area contributed by atoms with Crippen molar-refractivity contribution in [1.82, 2.24) is 18.0 Å². The van der Waals surface area contributed by atoms with E-state index in [-0.39, 0.29) is 71.7 Å². The molecule has 1 saturated heterocycles. The zero-order valence-corrected chi connectivity index (χ0v) is 26.2. The van der Waals surface area contributed by atoms with Gasteiger partial charge in [0.2, 0.25) is 0 Å². The summed E-state index contributed by atoms with van der Waals surface area (Å²) in [5.41, 5.74) is -1.09. The van der Waals surface area contributed by atoms with Crippen LogP contribution < -0.4 is 26.8 Å². The van der Waals surface area contributed by atoms with Crippen molar-refractivity contribution < 1.29 is 17.5 Å². The first-order valence-electron chi connectivity index (χ1n) is 13.6. The SMILES string of the molecule is Cc1c(=O)n(C)c(Nc2ccc(I)cc2F)c2c(=O)n(C3CC3)c(=O)n(-c3cccc(NS(=O)(=O)N4CCOCC4)c3)c12. The molecule has 2 aromatic heterocycles. The summed E-state index contributed by atoms with van der Waals surface area (Å²) in [7, 11) is -2.44. The number of pyridine rings is 1. The van der Waals surface area contributed by atoms with E-state index < -0.39 is 32.8 Å². The van der Waals surface area contributed by atoms with Gasteiger partial charge < -0.3 is 10.1 Å². The Morgan fingerprint density at radius 1 is 1.02 bits per heavy atom. The van der Waals surface area contributed by atoms with Gasteiger partial charge in [-0.15, -0.1) is 0 Å². The van der Waals surface area contributed by atoms with E-state index in [1.807, 2.05) is 22.6 Å². The Morgan fingerprint density at radius 2 is 1.74 bits per heavy atom. The molecule has 1 aliphatic carbocycles. The molecule has 2 aromatic carbocycles. The van der Waals surface area contributed by atoms with Crippen molar-refractivity contribution in [3.05, 3.63) is 88.6 Å². The van der Waals surface area contributed by atoms with Crippen molar-refractivity contribution in [2.24, 2.45) is 7.05 Å². The second kappa shape index (κ2) is 11.2. The molecule has 2 N–H and O–H groups in total. The quantitative estimate of drug-likeness (QED) is 0.280. The zero-order valence-electron chi connectivity index (χ0n) is 23.3. The van der Waals surface area contributed by atoms with Gasteiger partial charge in [-0.2, -0.15) is 12.7 Å². The molecule has 1 saturated carbocycles. The molecular weight excluding hydrogens is 694 g/mol. The standard InChI is InChI=1S/C28H28FIN6O6S/c1-16-24-23(25(33(2)26(16)37)31-22-9-6-17(30)14-21(22)29)27(38)36(19-7-8-19)28(39)35(24)20-5-3-4-18(15-20)32-43(40,41)34-10-12-42-13-11-34/h3-6,9,14-15,19,31-32H,7-8,10-13H2,1-2H3. The fourth-order valence-corrected chi connectivity index (χ4v) is 6.92. The summed E-state index contributed by atoms with van der Waals surface area (Å²) in [6.07, 6.45) is 1.25. The maximum absolute atomic E-state index is 14.9. The minimum absolute atomic E-state index is 0.0306. The number of aryl methyl sites for hydroxylation is 1. The Labute approximate surface area is 259 Å². The van der Waals surface area contributed by atoms with Gasteiger partial charge in [-0.1, -0.05) is 6.07 Å². The third kappa shape index (κ3) is 5.38. The number of ether oxygens (including phenoxy) is 1. The van der Waals surface area contributed by atoms with Gasteiger partial charge in [0.25, 0.3) is 11.1 Å². The summed E-state index contributed by atoms with van der Waals surface area (Å²) >= 11 is 1.98. The third-order valence-corrected chi connectivity index (χ3v) is 9.81. The number of nitrogens with zero attached hydrogens (tertiary/aromatic N) is 4. The molecule has 2 aliphatic rings. The monoisotopic (exact) mass is 722 g/mol. The molecule has 12 nitrogen and oxygen atoms in total. The van der Waals surface area contributed by atoms with E-state index in [0.29, 0.717) is 16.4 Å². The van der Waals surface area contributed by atoms with E-state index >= 15 is 0 Å². The highest BCUT2D eigenvalue weighted by atomic mass is 127. The van der Waals surface area contributed by atoms with Crippen molar-refractivity contribution in [3.63, 3.8) is 0 Å². The lowest BCUT2D eigenvalue weighted by Crippen LogP contribution is -2.43. The van der Waals surface area contributed by atoms with E-state index in [4.69, 9.17) is 4.74 Å². The minimum Gasteiger partial charge on any atom is -0.379 e. The summed E-state index contributed by atoms with van der Waals surface area (Å²) < 4.78 is 54.4. The Morgan fingerprint density at radius 3 is 2.42 bits per heavy atom. The Kier molecular flexibility index (Phi) is 7.68. The molecule has 2 fully saturated rings. The third-order valence-electron chi connectivity index (χ3n) is 7.60. The number of fused-ring (bicyclic) bond motifs is 1. The zero-order chi connectivity index (χ0) is 30.6. The highest BCUT2D eigenvalue weighted by molar-refractivity contribution is 14.1. The summed E-state index contributed by atoms with van der Waals surface area (Å²) in [6, 6.07) is 10.4. The van der Waals surface area contributed by atoms with E-state index in [1.54, 1.807) is 24.3 Å². The Balaban J connectivity index is 1.59. The number of anilines is 3. The van der Waals surface area contributed by atoms with Crippen LogP contribution in [-0.2, 0) is 22.0 Å². The Bertz CT molecular complexity index is 2070. The molecule has 0 unspecified atom stereocenters. The van der Waals surface area contributed by atoms with Gasteiger partial charge in [0.15, 0.2) is 0 Å². The number of halogens is 2. The second-order valence-corrected chi connectivity index (χ2v) is 13.4. The van der Waals surface area contributed by atoms with Crippen LogP contribution in [0.1, 0.15) is 24.4 Å². The van der Waals surface area contributed by atoms with Crippen molar-refractivity contribution in [2.45, 2.75) is 25.8 Å². The van der Waals surface area contributed by atoms with Gasteiger partial charge in [0.1, 0.15) is 17.0 Å². The predicted octanol–water partition coefficient (Wildman–Crippen LogP) is 2.97. The van der Waals surface area contributed by atoms with Crippen LogP contribution in [0.15, 0.2) is 56.8 Å². The normalized spacial score (nSPS) is 16.0. The Hall–Kier alpha value is -3.54. The van der Waals surface area contributed by atoms with Crippen molar-refractivity contribution >= 4 is 60.9 Å². The van der Waals surface area contributed by atoms with Gasteiger partial charge in [0.05, 0.1) is 35.8 Å². The van der Waals surface area contributed by atoms with Crippen molar-refractivity contribution in [2.75, 3.05) is 36.3 Å². The molecule has 0 atom stereocenters. The van der Waals surface area contributed by atoms with E-state index in [2.05, 4.69) is 10.0 Å². The summed E-state index contributed by atoms with van der Waals surface area (Å²) in [6.45, 7) is 2.47. The van der Waals surface area contributed by atoms with Crippen molar-refractivity contribution in [3.8, 4) is 5.69 Å². The van der Waals surface area contributed by atoms with Crippen LogP contribution in [-0.4, -0.2) is 52.7 Å². The summed E-state index contributed by atoms with van der Waals surface area (Å²) in [5, 5.41) is 2.96. The highest BCUT2D eigenvalue weighted by Crippen LogP contribution is 2.34. The maximum Gasteiger partial charge on any atom is 0.336 e. The van der Waals surface area contributed by atoms with E-state index in [1.165, 1.54) is 45.6 Å². The molecule has 6 rings (SSSR count). The van der Waals surface area contributed by atoms with E-state index in [0.717, 1.165) is 4.57 Å². The van der Waals surface area contributed by atoms with Gasteiger partial charge >= 0.3 is 15.9 Å². The number of hydrogen-bond donors (Lipinski definition) is 2. The average molecular weight is 723 g/mol. The number of aromatic nitrogens is 3. The van der Waals surface area contributed by atoms with Gasteiger partial charge in [-0.25, -0.2) is 9.18 Å². The first kappa shape index (κ1) is 29.5. The van der Waals surface area contributed by atoms with Crippen LogP contribution in [0.25, 0.3) is 16.6 Å². The molecule has 43 heavy (non-hydrogen) atoms. The maximum atomic E-state index is 14.9. The molecule has 0 bridgehead atoms. The second-order valence-electron chi connectivity index (χ2n) is 10.5. The molecule has 0 spiro atoms. The fourth-order valence-electron chi connectivity index (χ4n) is 5.28. The van der Waals surface area contributed by atoms with Crippen LogP contribution in [0.3, 0.4) is 0 Å². The predicted molar refractivity (Wildman–Crippen MR) is 169 cm³/mol. The van der Waals surface area contributed by atoms with Crippen LogP contribution in [0.5, 0.6) is 0 Å². The number of morpholine rings is 1. The summed E-state index contributed by atoms with van der Waals surface area (Å²) in [5.74, 6) is -0.549. The number of nitrogens with one attached hydrogen (secondary N) is 2. The van der Waals surface area contributed by atoms with E-state index in [9.17, 15) is 27.2 Å². The largest absolute Gasteiger partial charge is 0.379 e. The topological polar surface area (TPSA) is 137 Å². The molecule has 0 radical (unpaired) electrons. The van der Waals surface area contributed by atoms with Crippen LogP contribution in [0.4, 0.5) is 21.6 Å². The first-order valence-corrected chi connectivity index (χ1v) is 16.1. The smallest absolute Gasteiger partial charge is 0.336 e. The van der Waals surface area contributed by atoms with Crippen molar-refractivity contribution in [1.29, 1.82) is 0 Å². The lowest BCUT2D eigenvalue weighted by Gasteiger charge is -2.26. The molecule has 1 aliphatic heterocycles. The van der Waals surface area contributed by atoms with Crippen LogP contribution >= 0.6 is 22.6 Å². The fraction of sp³-hybridized carbons (Fsp3) is 0.321. The lowest BCUT2D eigenvalue weighted by molar-refractivity contribution is 0.0733. The van der Waals surface area contributed by atoms with Gasteiger partial charge in [0, 0.05) is 35.3 Å². The average Bonchev–Trinajstić information content (AvgIpc) is 3.81. The highest BCUT2D eigenvalue weighted by Gasteiger charge is 2.32. The number of rotatable bonds is 7. The molecule has 15 heteroatoms. The molecule has 0 amide bonds.